The van der Waals surface area contributed by atoms with Gasteiger partial charge in [0.15, 0.2) is 0 Å². The first kappa shape index (κ1) is 52.1. The van der Waals surface area contributed by atoms with Gasteiger partial charge in [0, 0.05) is 0 Å². The molecule has 0 saturated heterocycles. The Morgan fingerprint density at radius 2 is 0.623 bits per heavy atom. The zero-order valence-corrected chi connectivity index (χ0v) is 49.3. The van der Waals surface area contributed by atoms with Crippen LogP contribution in [0.2, 0.25) is 13.1 Å². The Morgan fingerprint density at radius 1 is 0.286 bits per heavy atom. The van der Waals surface area contributed by atoms with Gasteiger partial charge in [-0.05, 0) is 121 Å². The molecule has 0 spiro atoms. The molecule has 1 heterocycles. The molecule has 0 atom stereocenters. The molecule has 1 aliphatic heterocycles. The van der Waals surface area contributed by atoms with Crippen LogP contribution in [-0.4, -0.2) is 21.5 Å². The Bertz CT molecular complexity index is 3680. The third kappa shape index (κ3) is 9.91. The Balaban J connectivity index is 0.922. The van der Waals surface area contributed by atoms with E-state index in [0.717, 1.165) is 0 Å². The van der Waals surface area contributed by atoms with Crippen LogP contribution >= 0.6 is 0 Å². The van der Waals surface area contributed by atoms with E-state index in [9.17, 15) is 0 Å². The minimum absolute atomic E-state index is 0.101. The Kier molecular flexibility index (Phi) is 13.0. The predicted octanol–water partition coefficient (Wildman–Crippen LogP) is 14.4. The van der Waals surface area contributed by atoms with E-state index in [4.69, 9.17) is 0 Å². The number of fused-ring (bicyclic) bond motifs is 4. The van der Waals surface area contributed by atoms with Gasteiger partial charge in [0.05, 0.1) is 0 Å². The summed E-state index contributed by atoms with van der Waals surface area (Å²) in [4.78, 5) is 0. The fourth-order valence-corrected chi connectivity index (χ4v) is 15.4. The van der Waals surface area contributed by atoms with Crippen LogP contribution in [0.4, 0.5) is 0 Å². The molecule has 0 N–H and O–H groups in total. The second kappa shape index (κ2) is 19.2. The highest BCUT2D eigenvalue weighted by Gasteiger charge is 2.36. The fourth-order valence-electron chi connectivity index (χ4n) is 12.3. The van der Waals surface area contributed by atoms with Crippen LogP contribution < -0.4 is 43.2 Å². The van der Waals surface area contributed by atoms with Crippen molar-refractivity contribution < 1.29 is 0 Å². The summed E-state index contributed by atoms with van der Waals surface area (Å²) in [6, 6.07) is 80.3. The van der Waals surface area contributed by atoms with Gasteiger partial charge in [-0.25, -0.2) is 0 Å². The van der Waals surface area contributed by atoms with Crippen LogP contribution in [0.1, 0.15) is 105 Å². The normalized spacial score (nSPS) is 13.4. The second-order valence-electron chi connectivity index (χ2n) is 27.1. The van der Waals surface area contributed by atoms with Gasteiger partial charge in [0.1, 0.15) is 8.07 Å². The maximum Gasteiger partial charge on any atom is 0.241 e. The summed E-state index contributed by atoms with van der Waals surface area (Å²) >= 11 is 0. The number of benzene rings is 10. The van der Waals surface area contributed by atoms with Crippen molar-refractivity contribution in [3.8, 4) is 33.4 Å². The predicted molar refractivity (Wildman–Crippen MR) is 344 cm³/mol. The molecule has 77 heavy (non-hydrogen) atoms. The topological polar surface area (TPSA) is 0 Å². The molecule has 0 nitrogen and oxygen atoms in total. The molecule has 382 valence electrons. The van der Waals surface area contributed by atoms with Crippen molar-refractivity contribution >= 4 is 86.2 Å². The summed E-state index contributed by atoms with van der Waals surface area (Å²) in [5.41, 5.74) is 21.5. The summed E-state index contributed by atoms with van der Waals surface area (Å²) in [7, 11) is -2.14. The van der Waals surface area contributed by atoms with Crippen LogP contribution in [0.5, 0.6) is 0 Å². The maximum absolute atomic E-state index is 2.56. The lowest BCUT2D eigenvalue weighted by molar-refractivity contribution is 0.590. The lowest BCUT2D eigenvalue weighted by atomic mass is 9.36. The lowest BCUT2D eigenvalue weighted by Gasteiger charge is -2.34. The summed E-state index contributed by atoms with van der Waals surface area (Å²) in [6.45, 7) is 32.9. The molecule has 10 aromatic carbocycles. The Labute approximate surface area is 463 Å². The second-order valence-corrected chi connectivity index (χ2v) is 31.4. The third-order valence-corrected chi connectivity index (χ3v) is 20.8. The van der Waals surface area contributed by atoms with E-state index in [1.54, 1.807) is 0 Å². The zero-order valence-electron chi connectivity index (χ0n) is 48.3. The van der Waals surface area contributed by atoms with E-state index in [2.05, 4.69) is 302 Å². The SMILES string of the molecule is CC(C)(C)c1ccc(B(c2ccc(-c3ccc4c(c3)[Si](C)(C)c3cccc5c3c-4cc3ccc(-c4ccc(B(c6ccc(C(C)(C)C)cc6)c6ccc(C(C)(C)C)cc6)cc4)cc35)cc2)c2ccc(C(C)(C)C)cc2)cc1. The van der Waals surface area contributed by atoms with Crippen molar-refractivity contribution in [2.45, 2.75) is 118 Å². The molecule has 0 radical (unpaired) electrons. The first-order chi connectivity index (χ1) is 36.4. The number of hydrogen-bond donors (Lipinski definition) is 0. The molecular formula is C74H76B2Si. The van der Waals surface area contributed by atoms with Crippen molar-refractivity contribution in [2.75, 3.05) is 0 Å². The van der Waals surface area contributed by atoms with Crippen LogP contribution in [0.3, 0.4) is 0 Å². The van der Waals surface area contributed by atoms with Crippen molar-refractivity contribution in [3.63, 3.8) is 0 Å². The molecular weight excluding hydrogens is 939 g/mol. The number of hydrogen-bond acceptors (Lipinski definition) is 0. The van der Waals surface area contributed by atoms with Gasteiger partial charge in [-0.2, -0.15) is 0 Å². The van der Waals surface area contributed by atoms with Gasteiger partial charge in [-0.1, -0.05) is 323 Å². The summed E-state index contributed by atoms with van der Waals surface area (Å²) < 4.78 is 0. The summed E-state index contributed by atoms with van der Waals surface area (Å²) in [6.07, 6.45) is 0. The van der Waals surface area contributed by atoms with E-state index in [1.807, 2.05) is 0 Å². The smallest absolute Gasteiger partial charge is 0.0686 e. The van der Waals surface area contributed by atoms with E-state index in [-0.39, 0.29) is 35.1 Å². The van der Waals surface area contributed by atoms with Gasteiger partial charge in [-0.3, -0.25) is 0 Å². The average molecular weight is 1020 g/mol. The van der Waals surface area contributed by atoms with Crippen LogP contribution in [0.15, 0.2) is 206 Å². The standard InChI is InChI=1S/C74H76B2Si/c1-71(2,3)54-25-37-60(38-26-54)75(61-39-27-55(28-40-61)72(4,5)6)58-33-20-49(21-34-58)51-18-19-53-47-67-64-45-24-52(48-69(64)77(13,14)68-17-15-16-65(70(67)68)66(53)46-51)50-22-35-59(36-23-50)76(62-41-29-56(30-42-62)73(7,8)9)63-43-31-57(32-44-63)74(10,11)12/h15-48H,1-14H3. The molecule has 3 heteroatoms. The molecule has 0 aliphatic carbocycles. The van der Waals surface area contributed by atoms with Crippen LogP contribution in [0.25, 0.3) is 54.9 Å². The fraction of sp³-hybridized carbons (Fsp3) is 0.243. The molecule has 0 aromatic heterocycles. The van der Waals surface area contributed by atoms with Gasteiger partial charge in [0.25, 0.3) is 0 Å². The maximum atomic E-state index is 2.56. The molecule has 1 aliphatic rings. The van der Waals surface area contributed by atoms with Gasteiger partial charge in [-0.15, -0.1) is 0 Å². The summed E-state index contributed by atoms with van der Waals surface area (Å²) in [5, 5.41) is 8.43. The molecule has 0 amide bonds. The van der Waals surface area contributed by atoms with Crippen LogP contribution in [-0.2, 0) is 21.7 Å². The quantitative estimate of drug-likeness (QED) is 0.105. The largest absolute Gasteiger partial charge is 0.241 e. The van der Waals surface area contributed by atoms with E-state index >= 15 is 0 Å². The highest BCUT2D eigenvalue weighted by molar-refractivity contribution is 7.03. The lowest BCUT2D eigenvalue weighted by Crippen LogP contribution is -2.55. The van der Waals surface area contributed by atoms with Crippen molar-refractivity contribution in [1.29, 1.82) is 0 Å². The van der Waals surface area contributed by atoms with E-state index in [0.29, 0.717) is 0 Å². The highest BCUT2D eigenvalue weighted by Crippen LogP contribution is 2.40. The van der Waals surface area contributed by atoms with Gasteiger partial charge in [0.2, 0.25) is 13.4 Å². The third-order valence-electron chi connectivity index (χ3n) is 17.2. The van der Waals surface area contributed by atoms with Crippen molar-refractivity contribution in [3.05, 3.63) is 229 Å². The van der Waals surface area contributed by atoms with Crippen LogP contribution in [0, 0.1) is 0 Å². The first-order valence-corrected chi connectivity index (χ1v) is 31.2. The van der Waals surface area contributed by atoms with Gasteiger partial charge < -0.3 is 0 Å². The number of rotatable bonds is 8. The van der Waals surface area contributed by atoms with E-state index in [1.165, 1.54) is 120 Å². The highest BCUT2D eigenvalue weighted by atomic mass is 28.3. The minimum Gasteiger partial charge on any atom is -0.0686 e. The van der Waals surface area contributed by atoms with Crippen molar-refractivity contribution in [1.82, 2.24) is 0 Å². The molecule has 0 unspecified atom stereocenters. The average Bonchev–Trinajstić information content (AvgIpc) is 3.40. The Hall–Kier alpha value is -6.93. The van der Waals surface area contributed by atoms with E-state index < -0.39 is 8.07 Å². The molecule has 10 aromatic rings. The molecule has 0 saturated carbocycles. The van der Waals surface area contributed by atoms with Gasteiger partial charge >= 0.3 is 0 Å². The molecule has 11 rings (SSSR count). The van der Waals surface area contributed by atoms with Crippen molar-refractivity contribution in [2.24, 2.45) is 0 Å². The zero-order chi connectivity index (χ0) is 54.4. The molecule has 0 bridgehead atoms. The Morgan fingerprint density at radius 3 is 1.00 bits per heavy atom. The first-order valence-electron chi connectivity index (χ1n) is 28.2. The monoisotopic (exact) mass is 1010 g/mol. The minimum atomic E-state index is -2.14. The summed E-state index contributed by atoms with van der Waals surface area (Å²) in [5.74, 6) is 0. The molecule has 0 fully saturated rings.